The summed E-state index contributed by atoms with van der Waals surface area (Å²) in [5, 5.41) is 6.55. The number of carbonyl (C=O) groups excluding carboxylic acids is 1. The summed E-state index contributed by atoms with van der Waals surface area (Å²) in [4.78, 5) is 15.0. The molecule has 2 heterocycles. The van der Waals surface area contributed by atoms with E-state index in [1.807, 2.05) is 24.3 Å². The number of rotatable bonds is 1. The van der Waals surface area contributed by atoms with E-state index in [4.69, 9.17) is 10.3 Å². The molecule has 0 bridgehead atoms. The van der Waals surface area contributed by atoms with Gasteiger partial charge in [0.2, 0.25) is 5.91 Å². The van der Waals surface area contributed by atoms with E-state index in [0.29, 0.717) is 19.6 Å². The highest BCUT2D eigenvalue weighted by Crippen LogP contribution is 2.43. The van der Waals surface area contributed by atoms with Crippen molar-refractivity contribution < 1.29 is 9.53 Å². The minimum Gasteiger partial charge on any atom is -0.380 e. The van der Waals surface area contributed by atoms with E-state index >= 15 is 0 Å². The van der Waals surface area contributed by atoms with E-state index in [1.165, 1.54) is 0 Å². The standard InChI is InChI=1S/C12H12N4O2/c13-16-15-8-5-12(7-18-6-8)9-3-1-2-4-10(9)14-11(12)17/h1-4,8H,5-7H2,(H,14,17). The highest BCUT2D eigenvalue weighted by molar-refractivity contribution is 6.06. The first-order valence-electron chi connectivity index (χ1n) is 5.79. The third-order valence-corrected chi connectivity index (χ3v) is 3.58. The van der Waals surface area contributed by atoms with Crippen LogP contribution in [-0.4, -0.2) is 25.2 Å². The summed E-state index contributed by atoms with van der Waals surface area (Å²) in [7, 11) is 0. The molecule has 0 saturated carbocycles. The number of hydrogen-bond acceptors (Lipinski definition) is 3. The van der Waals surface area contributed by atoms with Crippen LogP contribution in [0.15, 0.2) is 29.4 Å². The summed E-state index contributed by atoms with van der Waals surface area (Å²) in [6, 6.07) is 7.29. The van der Waals surface area contributed by atoms with Crippen molar-refractivity contribution >= 4 is 11.6 Å². The molecule has 2 unspecified atom stereocenters. The van der Waals surface area contributed by atoms with Gasteiger partial charge in [-0.05, 0) is 23.6 Å². The van der Waals surface area contributed by atoms with E-state index in [1.54, 1.807) is 0 Å². The fraction of sp³-hybridized carbons (Fsp3) is 0.417. The number of anilines is 1. The Morgan fingerprint density at radius 3 is 3.17 bits per heavy atom. The van der Waals surface area contributed by atoms with Crippen molar-refractivity contribution in [3.8, 4) is 0 Å². The van der Waals surface area contributed by atoms with Gasteiger partial charge in [-0.25, -0.2) is 0 Å². The number of para-hydroxylation sites is 1. The van der Waals surface area contributed by atoms with E-state index < -0.39 is 5.41 Å². The molecule has 6 nitrogen and oxygen atoms in total. The summed E-state index contributed by atoms with van der Waals surface area (Å²) in [5.74, 6) is -0.0680. The number of benzene rings is 1. The summed E-state index contributed by atoms with van der Waals surface area (Å²) in [5.41, 5.74) is 9.58. The van der Waals surface area contributed by atoms with Crippen molar-refractivity contribution in [2.75, 3.05) is 18.5 Å². The number of nitrogens with zero attached hydrogens (tertiary/aromatic N) is 3. The Hall–Kier alpha value is -2.04. The summed E-state index contributed by atoms with van der Waals surface area (Å²) in [6.45, 7) is 0.717. The monoisotopic (exact) mass is 244 g/mol. The molecule has 1 saturated heterocycles. The van der Waals surface area contributed by atoms with Crippen LogP contribution in [0.1, 0.15) is 12.0 Å². The molecule has 2 aliphatic heterocycles. The minimum absolute atomic E-state index is 0.0680. The van der Waals surface area contributed by atoms with Crippen molar-refractivity contribution in [1.82, 2.24) is 0 Å². The lowest BCUT2D eigenvalue weighted by molar-refractivity contribution is -0.126. The molecule has 2 atom stereocenters. The Bertz CT molecular complexity index is 553. The topological polar surface area (TPSA) is 87.1 Å². The van der Waals surface area contributed by atoms with E-state index in [-0.39, 0.29) is 11.9 Å². The van der Waals surface area contributed by atoms with Gasteiger partial charge < -0.3 is 10.1 Å². The normalized spacial score (nSPS) is 29.6. The first-order chi connectivity index (χ1) is 8.76. The molecule has 1 aromatic rings. The van der Waals surface area contributed by atoms with E-state index in [9.17, 15) is 4.79 Å². The second kappa shape index (κ2) is 4.01. The zero-order valence-electron chi connectivity index (χ0n) is 9.67. The molecular formula is C12H12N4O2. The second-order valence-corrected chi connectivity index (χ2v) is 4.66. The van der Waals surface area contributed by atoms with Crippen molar-refractivity contribution in [3.05, 3.63) is 40.3 Å². The number of fused-ring (bicyclic) bond motifs is 2. The maximum atomic E-state index is 12.2. The summed E-state index contributed by atoms with van der Waals surface area (Å²) < 4.78 is 5.47. The van der Waals surface area contributed by atoms with Crippen LogP contribution in [0.25, 0.3) is 10.4 Å². The van der Waals surface area contributed by atoms with Crippen LogP contribution in [0.2, 0.25) is 0 Å². The molecule has 92 valence electrons. The Balaban J connectivity index is 2.03. The lowest BCUT2D eigenvalue weighted by Gasteiger charge is -2.34. The third kappa shape index (κ3) is 1.47. The first kappa shape index (κ1) is 11.1. The average Bonchev–Trinajstić information content (AvgIpc) is 2.64. The van der Waals surface area contributed by atoms with Gasteiger partial charge in [0, 0.05) is 10.6 Å². The SMILES string of the molecule is [N-]=[N+]=NC1COCC2(C1)C(=O)Nc1ccccc12. The van der Waals surface area contributed by atoms with Crippen molar-refractivity contribution in [2.45, 2.75) is 17.9 Å². The first-order valence-corrected chi connectivity index (χ1v) is 5.79. The molecule has 1 amide bonds. The van der Waals surface area contributed by atoms with Gasteiger partial charge in [-0.2, -0.15) is 0 Å². The lowest BCUT2D eigenvalue weighted by atomic mass is 9.76. The number of azide groups is 1. The van der Waals surface area contributed by atoms with Crippen LogP contribution in [0.5, 0.6) is 0 Å². The third-order valence-electron chi connectivity index (χ3n) is 3.58. The van der Waals surface area contributed by atoms with Crippen LogP contribution in [-0.2, 0) is 14.9 Å². The average molecular weight is 244 g/mol. The number of hydrogen-bond donors (Lipinski definition) is 1. The Kier molecular flexibility index (Phi) is 2.47. The van der Waals surface area contributed by atoms with Crippen molar-refractivity contribution in [1.29, 1.82) is 0 Å². The quantitative estimate of drug-likeness (QED) is 0.465. The van der Waals surface area contributed by atoms with E-state index in [2.05, 4.69) is 15.3 Å². The number of carbonyl (C=O) groups is 1. The molecule has 0 radical (unpaired) electrons. The molecule has 2 aliphatic rings. The van der Waals surface area contributed by atoms with Crippen LogP contribution in [0.3, 0.4) is 0 Å². The fourth-order valence-electron chi connectivity index (χ4n) is 2.76. The molecular weight excluding hydrogens is 232 g/mol. The molecule has 1 fully saturated rings. The Morgan fingerprint density at radius 1 is 1.50 bits per heavy atom. The smallest absolute Gasteiger partial charge is 0.237 e. The van der Waals surface area contributed by atoms with Crippen LogP contribution in [0.4, 0.5) is 5.69 Å². The highest BCUT2D eigenvalue weighted by Gasteiger charge is 2.50. The van der Waals surface area contributed by atoms with E-state index in [0.717, 1.165) is 11.3 Å². The largest absolute Gasteiger partial charge is 0.380 e. The Morgan fingerprint density at radius 2 is 2.33 bits per heavy atom. The van der Waals surface area contributed by atoms with Crippen molar-refractivity contribution in [3.63, 3.8) is 0 Å². The molecule has 0 aromatic heterocycles. The summed E-state index contributed by atoms with van der Waals surface area (Å²) in [6.07, 6.45) is 0.500. The van der Waals surface area contributed by atoms with Gasteiger partial charge in [0.25, 0.3) is 0 Å². The maximum absolute atomic E-state index is 12.2. The molecule has 0 aliphatic carbocycles. The molecule has 1 spiro atoms. The maximum Gasteiger partial charge on any atom is 0.237 e. The van der Waals surface area contributed by atoms with Crippen LogP contribution in [0, 0.1) is 0 Å². The lowest BCUT2D eigenvalue weighted by Crippen LogP contribution is -2.46. The van der Waals surface area contributed by atoms with Gasteiger partial charge >= 0.3 is 0 Å². The van der Waals surface area contributed by atoms with Gasteiger partial charge in [0.1, 0.15) is 5.41 Å². The van der Waals surface area contributed by atoms with Gasteiger partial charge in [-0.15, -0.1) is 0 Å². The predicted octanol–water partition coefficient (Wildman–Crippen LogP) is 1.98. The fourth-order valence-corrected chi connectivity index (χ4v) is 2.76. The highest BCUT2D eigenvalue weighted by atomic mass is 16.5. The molecule has 1 aromatic carbocycles. The predicted molar refractivity (Wildman–Crippen MR) is 65.1 cm³/mol. The van der Waals surface area contributed by atoms with Crippen LogP contribution >= 0.6 is 0 Å². The zero-order chi connectivity index (χ0) is 12.6. The number of nitrogens with one attached hydrogen (secondary N) is 1. The second-order valence-electron chi connectivity index (χ2n) is 4.66. The van der Waals surface area contributed by atoms with Gasteiger partial charge in [-0.3, -0.25) is 4.79 Å². The van der Waals surface area contributed by atoms with Gasteiger partial charge in [-0.1, -0.05) is 23.3 Å². The molecule has 18 heavy (non-hydrogen) atoms. The molecule has 1 N–H and O–H groups in total. The Labute approximate surface area is 104 Å². The number of ether oxygens (including phenoxy) is 1. The zero-order valence-corrected chi connectivity index (χ0v) is 9.67. The molecule has 3 rings (SSSR count). The molecule has 6 heteroatoms. The van der Waals surface area contributed by atoms with Crippen LogP contribution < -0.4 is 5.32 Å². The van der Waals surface area contributed by atoms with Gasteiger partial charge in [0.15, 0.2) is 0 Å². The van der Waals surface area contributed by atoms with Gasteiger partial charge in [0.05, 0.1) is 19.3 Å². The summed E-state index contributed by atoms with van der Waals surface area (Å²) >= 11 is 0. The van der Waals surface area contributed by atoms with Crippen molar-refractivity contribution in [2.24, 2.45) is 5.11 Å². The minimum atomic E-state index is -0.701. The number of amides is 1.